The van der Waals surface area contributed by atoms with E-state index in [1.165, 1.54) is 23.0 Å². The molecule has 0 fully saturated rings. The second kappa shape index (κ2) is 7.75. The molecule has 0 unspecified atom stereocenters. The molecule has 2 aromatic rings. The summed E-state index contributed by atoms with van der Waals surface area (Å²) in [6.45, 7) is 8.59. The van der Waals surface area contributed by atoms with E-state index in [0.717, 1.165) is 15.7 Å². The maximum atomic E-state index is 11.9. The Morgan fingerprint density at radius 2 is 1.96 bits per heavy atom. The third kappa shape index (κ3) is 5.48. The van der Waals surface area contributed by atoms with Gasteiger partial charge in [0.2, 0.25) is 11.0 Å². The second-order valence-electron chi connectivity index (χ2n) is 6.00. The molecule has 122 valence electrons. The van der Waals surface area contributed by atoms with Crippen LogP contribution in [0.2, 0.25) is 0 Å². The van der Waals surface area contributed by atoms with Crippen LogP contribution in [0.5, 0.6) is 0 Å². The molecule has 1 aromatic heterocycles. The van der Waals surface area contributed by atoms with E-state index in [1.54, 1.807) is 17.8 Å². The fraction of sp³-hybridized carbons (Fsp3) is 0.353. The van der Waals surface area contributed by atoms with Crippen LogP contribution in [0, 0.1) is 0 Å². The minimum Gasteiger partial charge on any atom is -0.297 e. The predicted octanol–water partition coefficient (Wildman–Crippen LogP) is 4.60. The molecule has 0 radical (unpaired) electrons. The fourth-order valence-electron chi connectivity index (χ4n) is 1.86. The van der Waals surface area contributed by atoms with Gasteiger partial charge < -0.3 is 0 Å². The SMILES string of the molecule is CCSc1nnc(NC(=O)/C=C/c2ccc(C(C)(C)C)cc2)s1. The number of amides is 1. The van der Waals surface area contributed by atoms with Crippen LogP contribution in [0.3, 0.4) is 0 Å². The summed E-state index contributed by atoms with van der Waals surface area (Å²) in [5, 5.41) is 11.2. The van der Waals surface area contributed by atoms with Gasteiger partial charge in [0, 0.05) is 6.08 Å². The van der Waals surface area contributed by atoms with Crippen molar-refractivity contribution in [3.63, 3.8) is 0 Å². The molecule has 4 nitrogen and oxygen atoms in total. The van der Waals surface area contributed by atoms with Gasteiger partial charge >= 0.3 is 0 Å². The standard InChI is InChI=1S/C17H21N3OS2/c1-5-22-16-20-19-15(23-16)18-14(21)11-8-12-6-9-13(10-7-12)17(2,3)4/h6-11H,5H2,1-4H3,(H,18,19,21)/b11-8+. The van der Waals surface area contributed by atoms with Crippen LogP contribution in [-0.2, 0) is 10.2 Å². The normalized spacial score (nSPS) is 11.8. The number of aromatic nitrogens is 2. The summed E-state index contributed by atoms with van der Waals surface area (Å²) in [6, 6.07) is 8.23. The van der Waals surface area contributed by atoms with E-state index in [4.69, 9.17) is 0 Å². The fourth-order valence-corrected chi connectivity index (χ4v) is 3.51. The molecule has 0 bridgehead atoms. The van der Waals surface area contributed by atoms with E-state index in [9.17, 15) is 4.79 Å². The molecule has 0 aliphatic carbocycles. The molecule has 0 saturated carbocycles. The third-order valence-corrected chi connectivity index (χ3v) is 4.96. The number of hydrogen-bond acceptors (Lipinski definition) is 5. The number of rotatable bonds is 5. The molecule has 0 aliphatic heterocycles. The first kappa shape index (κ1) is 17.7. The number of anilines is 1. The molecule has 1 amide bonds. The lowest BCUT2D eigenvalue weighted by molar-refractivity contribution is -0.111. The topological polar surface area (TPSA) is 54.9 Å². The number of nitrogens with zero attached hydrogens (tertiary/aromatic N) is 2. The zero-order chi connectivity index (χ0) is 16.9. The van der Waals surface area contributed by atoms with E-state index in [-0.39, 0.29) is 11.3 Å². The minimum absolute atomic E-state index is 0.131. The lowest BCUT2D eigenvalue weighted by Crippen LogP contribution is -2.10. The molecule has 23 heavy (non-hydrogen) atoms. The van der Waals surface area contributed by atoms with Crippen LogP contribution in [0.1, 0.15) is 38.8 Å². The number of nitrogens with one attached hydrogen (secondary N) is 1. The van der Waals surface area contributed by atoms with Crippen LogP contribution >= 0.6 is 23.1 Å². The summed E-state index contributed by atoms with van der Waals surface area (Å²) in [7, 11) is 0. The van der Waals surface area contributed by atoms with Crippen LogP contribution in [-0.4, -0.2) is 21.9 Å². The molecule has 0 atom stereocenters. The Hall–Kier alpha value is -1.66. The first-order chi connectivity index (χ1) is 10.9. The van der Waals surface area contributed by atoms with Gasteiger partial charge in [0.15, 0.2) is 4.34 Å². The number of thioether (sulfide) groups is 1. The molecule has 1 aromatic carbocycles. The molecule has 0 spiro atoms. The minimum atomic E-state index is -0.200. The number of hydrogen-bond donors (Lipinski definition) is 1. The maximum absolute atomic E-state index is 11.9. The molecule has 6 heteroatoms. The Labute approximate surface area is 145 Å². The molecule has 2 rings (SSSR count). The quantitative estimate of drug-likeness (QED) is 0.488. The molecule has 0 saturated heterocycles. The predicted molar refractivity (Wildman–Crippen MR) is 99.1 cm³/mol. The summed E-state index contributed by atoms with van der Waals surface area (Å²) in [4.78, 5) is 11.9. The number of benzene rings is 1. The highest BCUT2D eigenvalue weighted by Gasteiger charge is 2.12. The monoisotopic (exact) mass is 347 g/mol. The summed E-state index contributed by atoms with van der Waals surface area (Å²) in [6.07, 6.45) is 3.31. The zero-order valence-electron chi connectivity index (χ0n) is 13.8. The smallest absolute Gasteiger partial charge is 0.250 e. The molecular formula is C17H21N3OS2. The van der Waals surface area contributed by atoms with Crippen molar-refractivity contribution in [1.29, 1.82) is 0 Å². The van der Waals surface area contributed by atoms with Crippen molar-refractivity contribution in [1.82, 2.24) is 10.2 Å². The lowest BCUT2D eigenvalue weighted by Gasteiger charge is -2.18. The van der Waals surface area contributed by atoms with Crippen LogP contribution in [0.15, 0.2) is 34.7 Å². The molecule has 1 heterocycles. The lowest BCUT2D eigenvalue weighted by atomic mass is 9.87. The van der Waals surface area contributed by atoms with Gasteiger partial charge in [-0.05, 0) is 28.4 Å². The van der Waals surface area contributed by atoms with Gasteiger partial charge in [-0.25, -0.2) is 0 Å². The van der Waals surface area contributed by atoms with Crippen molar-refractivity contribution in [3.8, 4) is 0 Å². The number of carbonyl (C=O) groups excluding carboxylic acids is 1. The first-order valence-corrected chi connectivity index (χ1v) is 9.24. The third-order valence-electron chi connectivity index (χ3n) is 3.11. The van der Waals surface area contributed by atoms with Gasteiger partial charge in [-0.2, -0.15) is 0 Å². The number of carbonyl (C=O) groups is 1. The average molecular weight is 348 g/mol. The van der Waals surface area contributed by atoms with Gasteiger partial charge in [0.25, 0.3) is 0 Å². The zero-order valence-corrected chi connectivity index (χ0v) is 15.4. The largest absolute Gasteiger partial charge is 0.297 e. The van der Waals surface area contributed by atoms with Gasteiger partial charge in [-0.3, -0.25) is 10.1 Å². The molecule has 0 aliphatic rings. The Morgan fingerprint density at radius 1 is 1.26 bits per heavy atom. The summed E-state index contributed by atoms with van der Waals surface area (Å²) >= 11 is 3.00. The van der Waals surface area contributed by atoms with Gasteiger partial charge in [-0.15, -0.1) is 10.2 Å². The van der Waals surface area contributed by atoms with E-state index in [2.05, 4.69) is 55.3 Å². The molecule has 1 N–H and O–H groups in total. The second-order valence-corrected chi connectivity index (χ2v) is 8.49. The van der Waals surface area contributed by atoms with Gasteiger partial charge in [0.1, 0.15) is 0 Å². The first-order valence-electron chi connectivity index (χ1n) is 7.44. The van der Waals surface area contributed by atoms with Crippen molar-refractivity contribution < 1.29 is 4.79 Å². The average Bonchev–Trinajstić information content (AvgIpc) is 2.92. The van der Waals surface area contributed by atoms with Crippen LogP contribution in [0.4, 0.5) is 5.13 Å². The molecular weight excluding hydrogens is 326 g/mol. The Morgan fingerprint density at radius 3 is 2.57 bits per heavy atom. The van der Waals surface area contributed by atoms with Crippen LogP contribution < -0.4 is 5.32 Å². The van der Waals surface area contributed by atoms with Crippen molar-refractivity contribution in [2.24, 2.45) is 0 Å². The highest BCUT2D eigenvalue weighted by atomic mass is 32.2. The highest BCUT2D eigenvalue weighted by Crippen LogP contribution is 2.25. The maximum Gasteiger partial charge on any atom is 0.250 e. The van der Waals surface area contributed by atoms with E-state index in [1.807, 2.05) is 12.1 Å². The Kier molecular flexibility index (Phi) is 5.96. The van der Waals surface area contributed by atoms with Crippen molar-refractivity contribution in [3.05, 3.63) is 41.5 Å². The van der Waals surface area contributed by atoms with E-state index in [0.29, 0.717) is 5.13 Å². The summed E-state index contributed by atoms with van der Waals surface area (Å²) < 4.78 is 0.865. The van der Waals surface area contributed by atoms with Crippen molar-refractivity contribution in [2.45, 2.75) is 37.4 Å². The van der Waals surface area contributed by atoms with Gasteiger partial charge in [-0.1, -0.05) is 75.1 Å². The summed E-state index contributed by atoms with van der Waals surface area (Å²) in [5.41, 5.74) is 2.40. The Balaban J connectivity index is 1.95. The van der Waals surface area contributed by atoms with Crippen molar-refractivity contribution >= 4 is 40.2 Å². The van der Waals surface area contributed by atoms with Gasteiger partial charge in [0.05, 0.1) is 0 Å². The van der Waals surface area contributed by atoms with E-state index >= 15 is 0 Å². The Bertz CT molecular complexity index is 685. The van der Waals surface area contributed by atoms with Crippen LogP contribution in [0.25, 0.3) is 6.08 Å². The van der Waals surface area contributed by atoms with Crippen molar-refractivity contribution in [2.75, 3.05) is 11.1 Å². The summed E-state index contributed by atoms with van der Waals surface area (Å²) in [5.74, 6) is 0.738. The highest BCUT2D eigenvalue weighted by molar-refractivity contribution is 8.01. The van der Waals surface area contributed by atoms with E-state index < -0.39 is 0 Å².